The van der Waals surface area contributed by atoms with Crippen LogP contribution in [0, 0.1) is 5.92 Å². The standard InChI is InChI=1S/C17H20N4O2/c22-7-5-11-2-1-6-21(9-11)17-15-13-8-12(23)3-4-14(13)20-16(15)18-10-19-17/h3-4,8,10-11,22-23H,1-2,5-7,9H2,(H,18,19,20). The minimum Gasteiger partial charge on any atom is -0.508 e. The van der Waals surface area contributed by atoms with E-state index in [1.54, 1.807) is 18.5 Å². The van der Waals surface area contributed by atoms with E-state index in [4.69, 9.17) is 0 Å². The van der Waals surface area contributed by atoms with E-state index < -0.39 is 0 Å². The predicted molar refractivity (Wildman–Crippen MR) is 89.7 cm³/mol. The molecule has 1 atom stereocenters. The number of hydrogen-bond acceptors (Lipinski definition) is 5. The number of nitrogens with zero attached hydrogens (tertiary/aromatic N) is 3. The van der Waals surface area contributed by atoms with Gasteiger partial charge in [0.2, 0.25) is 0 Å². The second-order valence-corrected chi connectivity index (χ2v) is 6.24. The molecule has 3 heterocycles. The molecule has 3 N–H and O–H groups in total. The van der Waals surface area contributed by atoms with Gasteiger partial charge in [0.25, 0.3) is 0 Å². The first-order valence-corrected chi connectivity index (χ1v) is 8.07. The number of aliphatic hydroxyl groups is 1. The number of benzene rings is 1. The van der Waals surface area contributed by atoms with Gasteiger partial charge in [-0.05, 0) is 43.4 Å². The van der Waals surface area contributed by atoms with Crippen molar-refractivity contribution in [1.82, 2.24) is 15.0 Å². The molecule has 120 valence electrons. The lowest BCUT2D eigenvalue weighted by Crippen LogP contribution is -2.36. The lowest BCUT2D eigenvalue weighted by Gasteiger charge is -2.33. The Morgan fingerprint density at radius 2 is 2.22 bits per heavy atom. The van der Waals surface area contributed by atoms with Gasteiger partial charge in [-0.2, -0.15) is 0 Å². The predicted octanol–water partition coefficient (Wildman–Crippen LogP) is 2.42. The van der Waals surface area contributed by atoms with E-state index in [2.05, 4.69) is 19.9 Å². The highest BCUT2D eigenvalue weighted by molar-refractivity contribution is 6.11. The number of phenols is 1. The highest BCUT2D eigenvalue weighted by atomic mass is 16.3. The van der Waals surface area contributed by atoms with Crippen LogP contribution in [-0.2, 0) is 0 Å². The summed E-state index contributed by atoms with van der Waals surface area (Å²) in [5.74, 6) is 1.65. The van der Waals surface area contributed by atoms with Crippen LogP contribution in [0.3, 0.4) is 0 Å². The quantitative estimate of drug-likeness (QED) is 0.691. The number of H-pyrrole nitrogens is 1. The van der Waals surface area contributed by atoms with Crippen LogP contribution < -0.4 is 4.90 Å². The van der Waals surface area contributed by atoms with E-state index in [9.17, 15) is 10.2 Å². The summed E-state index contributed by atoms with van der Waals surface area (Å²) in [4.78, 5) is 14.4. The maximum Gasteiger partial charge on any atom is 0.143 e. The lowest BCUT2D eigenvalue weighted by molar-refractivity contribution is 0.244. The van der Waals surface area contributed by atoms with Crippen molar-refractivity contribution in [2.75, 3.05) is 24.6 Å². The van der Waals surface area contributed by atoms with Crippen LogP contribution in [-0.4, -0.2) is 44.9 Å². The largest absolute Gasteiger partial charge is 0.508 e. The molecule has 0 aliphatic carbocycles. The number of aromatic amines is 1. The summed E-state index contributed by atoms with van der Waals surface area (Å²) in [6, 6.07) is 5.29. The van der Waals surface area contributed by atoms with Crippen LogP contribution in [0.4, 0.5) is 5.82 Å². The molecule has 0 saturated carbocycles. The van der Waals surface area contributed by atoms with Gasteiger partial charge >= 0.3 is 0 Å². The van der Waals surface area contributed by atoms with Crippen molar-refractivity contribution in [2.24, 2.45) is 5.92 Å². The summed E-state index contributed by atoms with van der Waals surface area (Å²) in [5.41, 5.74) is 1.74. The first-order chi connectivity index (χ1) is 11.3. The first kappa shape index (κ1) is 14.3. The van der Waals surface area contributed by atoms with E-state index in [0.29, 0.717) is 5.92 Å². The molecular formula is C17H20N4O2. The molecule has 6 heteroatoms. The molecular weight excluding hydrogens is 292 g/mol. The number of aromatic nitrogens is 3. The average molecular weight is 312 g/mol. The summed E-state index contributed by atoms with van der Waals surface area (Å²) < 4.78 is 0. The lowest BCUT2D eigenvalue weighted by atomic mass is 9.95. The maximum atomic E-state index is 9.83. The normalized spacial score (nSPS) is 18.8. The number of nitrogens with one attached hydrogen (secondary N) is 1. The smallest absolute Gasteiger partial charge is 0.143 e. The molecule has 1 saturated heterocycles. The molecule has 0 bridgehead atoms. The Labute approximate surface area is 133 Å². The molecule has 0 amide bonds. The van der Waals surface area contributed by atoms with Crippen LogP contribution >= 0.6 is 0 Å². The first-order valence-electron chi connectivity index (χ1n) is 8.07. The molecule has 3 aromatic rings. The number of aliphatic hydroxyl groups excluding tert-OH is 1. The third-order valence-electron chi connectivity index (χ3n) is 4.71. The van der Waals surface area contributed by atoms with Crippen molar-refractivity contribution in [2.45, 2.75) is 19.3 Å². The van der Waals surface area contributed by atoms with Crippen LogP contribution in [0.2, 0.25) is 0 Å². The monoisotopic (exact) mass is 312 g/mol. The van der Waals surface area contributed by atoms with Gasteiger partial charge in [-0.25, -0.2) is 9.97 Å². The van der Waals surface area contributed by atoms with Crippen LogP contribution in [0.5, 0.6) is 5.75 Å². The van der Waals surface area contributed by atoms with Crippen molar-refractivity contribution < 1.29 is 10.2 Å². The Bertz CT molecular complexity index is 843. The van der Waals surface area contributed by atoms with E-state index in [1.807, 2.05) is 6.07 Å². The Morgan fingerprint density at radius 1 is 1.30 bits per heavy atom. The second-order valence-electron chi connectivity index (χ2n) is 6.24. The SMILES string of the molecule is OCCC1CCCN(c2ncnc3[nH]c4ccc(O)cc4c23)C1. The van der Waals surface area contributed by atoms with Crippen LogP contribution in [0.1, 0.15) is 19.3 Å². The highest BCUT2D eigenvalue weighted by Gasteiger charge is 2.23. The Morgan fingerprint density at radius 3 is 3.09 bits per heavy atom. The number of fused-ring (bicyclic) bond motifs is 3. The highest BCUT2D eigenvalue weighted by Crippen LogP contribution is 2.34. The fourth-order valence-corrected chi connectivity index (χ4v) is 3.61. The second kappa shape index (κ2) is 5.70. The summed E-state index contributed by atoms with van der Waals surface area (Å²) in [6.07, 6.45) is 4.67. The van der Waals surface area contributed by atoms with Gasteiger partial charge in [0.15, 0.2) is 0 Å². The van der Waals surface area contributed by atoms with Gasteiger partial charge in [0.1, 0.15) is 23.5 Å². The molecule has 23 heavy (non-hydrogen) atoms. The Kier molecular flexibility index (Phi) is 3.53. The summed E-state index contributed by atoms with van der Waals surface area (Å²) in [5, 5.41) is 20.9. The molecule has 4 rings (SSSR count). The number of hydrogen-bond donors (Lipinski definition) is 3. The maximum absolute atomic E-state index is 9.83. The van der Waals surface area contributed by atoms with Crippen molar-refractivity contribution in [1.29, 1.82) is 0 Å². The van der Waals surface area contributed by atoms with Crippen molar-refractivity contribution in [3.63, 3.8) is 0 Å². The number of anilines is 1. The van der Waals surface area contributed by atoms with Gasteiger partial charge in [-0.15, -0.1) is 0 Å². The minimum absolute atomic E-state index is 0.235. The van der Waals surface area contributed by atoms with Gasteiger partial charge in [-0.1, -0.05) is 0 Å². The zero-order chi connectivity index (χ0) is 15.8. The van der Waals surface area contributed by atoms with Crippen molar-refractivity contribution >= 4 is 27.8 Å². The molecule has 2 aromatic heterocycles. The van der Waals surface area contributed by atoms with Gasteiger partial charge < -0.3 is 20.1 Å². The fourth-order valence-electron chi connectivity index (χ4n) is 3.61. The minimum atomic E-state index is 0.235. The molecule has 1 unspecified atom stereocenters. The molecule has 1 aromatic carbocycles. The van der Waals surface area contributed by atoms with Crippen LogP contribution in [0.25, 0.3) is 21.9 Å². The van der Waals surface area contributed by atoms with E-state index in [1.165, 1.54) is 0 Å². The molecule has 0 radical (unpaired) electrons. The number of rotatable bonds is 3. The summed E-state index contributed by atoms with van der Waals surface area (Å²) >= 11 is 0. The third-order valence-corrected chi connectivity index (χ3v) is 4.71. The van der Waals surface area contributed by atoms with E-state index in [-0.39, 0.29) is 12.4 Å². The molecule has 0 spiro atoms. The average Bonchev–Trinajstić information content (AvgIpc) is 2.93. The zero-order valence-electron chi connectivity index (χ0n) is 12.9. The molecule has 1 fully saturated rings. The van der Waals surface area contributed by atoms with Crippen LogP contribution in [0.15, 0.2) is 24.5 Å². The summed E-state index contributed by atoms with van der Waals surface area (Å²) in [6.45, 7) is 2.09. The van der Waals surface area contributed by atoms with Gasteiger partial charge in [0.05, 0.1) is 5.39 Å². The Hall–Kier alpha value is -2.34. The van der Waals surface area contributed by atoms with Crippen molar-refractivity contribution in [3.05, 3.63) is 24.5 Å². The third kappa shape index (κ3) is 2.49. The zero-order valence-corrected chi connectivity index (χ0v) is 12.9. The van der Waals surface area contributed by atoms with Gasteiger partial charge in [0, 0.05) is 30.6 Å². The fraction of sp³-hybridized carbons (Fsp3) is 0.412. The molecule has 1 aliphatic heterocycles. The Balaban J connectivity index is 1.83. The molecule has 1 aliphatic rings. The number of phenolic OH excluding ortho intramolecular Hbond substituents is 1. The molecule has 6 nitrogen and oxygen atoms in total. The summed E-state index contributed by atoms with van der Waals surface area (Å²) in [7, 11) is 0. The van der Waals surface area contributed by atoms with E-state index >= 15 is 0 Å². The van der Waals surface area contributed by atoms with Crippen molar-refractivity contribution in [3.8, 4) is 5.75 Å². The topological polar surface area (TPSA) is 85.3 Å². The van der Waals surface area contributed by atoms with Gasteiger partial charge in [-0.3, -0.25) is 0 Å². The van der Waals surface area contributed by atoms with E-state index in [0.717, 1.165) is 60.1 Å². The number of piperidine rings is 1. The number of aromatic hydroxyl groups is 1.